The van der Waals surface area contributed by atoms with Crippen molar-refractivity contribution in [1.29, 1.82) is 0 Å². The van der Waals surface area contributed by atoms with Gasteiger partial charge in [0.25, 0.3) is 0 Å². The zero-order chi connectivity index (χ0) is 12.8. The van der Waals surface area contributed by atoms with Crippen LogP contribution in [-0.4, -0.2) is 23.6 Å². The molecule has 1 aliphatic rings. The van der Waals surface area contributed by atoms with Crippen LogP contribution in [-0.2, 0) is 0 Å². The lowest BCUT2D eigenvalue weighted by atomic mass is 9.87. The lowest BCUT2D eigenvalue weighted by Crippen LogP contribution is -2.13. The average Bonchev–Trinajstić information content (AvgIpc) is 2.42. The number of rotatable bonds is 5. The molecule has 4 nitrogen and oxygen atoms in total. The van der Waals surface area contributed by atoms with Gasteiger partial charge in [-0.2, -0.15) is 4.98 Å². The molecule has 0 aliphatic heterocycles. The second-order valence-corrected chi connectivity index (χ2v) is 5.19. The summed E-state index contributed by atoms with van der Waals surface area (Å²) in [6.45, 7) is 3.06. The van der Waals surface area contributed by atoms with E-state index in [4.69, 9.17) is 0 Å². The first kappa shape index (κ1) is 13.1. The fraction of sp³-hybridized carbons (Fsp3) is 0.714. The van der Waals surface area contributed by atoms with E-state index in [9.17, 15) is 0 Å². The minimum atomic E-state index is 0.681. The van der Waals surface area contributed by atoms with E-state index in [-0.39, 0.29) is 0 Å². The van der Waals surface area contributed by atoms with E-state index in [1.807, 2.05) is 20.2 Å². The Hall–Kier alpha value is -1.32. The molecule has 18 heavy (non-hydrogen) atoms. The van der Waals surface area contributed by atoms with E-state index >= 15 is 0 Å². The smallest absolute Gasteiger partial charge is 0.224 e. The molecule has 0 atom stereocenters. The highest BCUT2D eigenvalue weighted by Crippen LogP contribution is 2.26. The standard InChI is InChI=1S/C14H24N4/c1-11-10-17-14(15-2)18-13(11)16-9-8-12-6-4-3-5-7-12/h10,12H,3-9H2,1-2H3,(H2,15,16,17,18). The Morgan fingerprint density at radius 2 is 2.06 bits per heavy atom. The molecule has 4 heteroatoms. The van der Waals surface area contributed by atoms with Gasteiger partial charge in [-0.3, -0.25) is 0 Å². The van der Waals surface area contributed by atoms with E-state index in [2.05, 4.69) is 20.6 Å². The first-order valence-electron chi connectivity index (χ1n) is 7.05. The van der Waals surface area contributed by atoms with Crippen molar-refractivity contribution in [1.82, 2.24) is 9.97 Å². The van der Waals surface area contributed by atoms with Crippen molar-refractivity contribution in [3.05, 3.63) is 11.8 Å². The van der Waals surface area contributed by atoms with Crippen molar-refractivity contribution in [2.24, 2.45) is 5.92 Å². The van der Waals surface area contributed by atoms with Gasteiger partial charge in [-0.15, -0.1) is 0 Å². The fourth-order valence-electron chi connectivity index (χ4n) is 2.61. The molecule has 1 aromatic heterocycles. The molecule has 1 aliphatic carbocycles. The van der Waals surface area contributed by atoms with Gasteiger partial charge in [-0.25, -0.2) is 4.98 Å². The summed E-state index contributed by atoms with van der Waals surface area (Å²) in [4.78, 5) is 8.63. The maximum absolute atomic E-state index is 4.44. The fourth-order valence-corrected chi connectivity index (χ4v) is 2.61. The van der Waals surface area contributed by atoms with Gasteiger partial charge in [-0.05, 0) is 19.3 Å². The summed E-state index contributed by atoms with van der Waals surface area (Å²) in [6.07, 6.45) is 10.2. The highest BCUT2D eigenvalue weighted by molar-refractivity contribution is 5.46. The first-order chi connectivity index (χ1) is 8.79. The van der Waals surface area contributed by atoms with Crippen LogP contribution in [0.3, 0.4) is 0 Å². The van der Waals surface area contributed by atoms with Crippen LogP contribution in [0, 0.1) is 12.8 Å². The van der Waals surface area contributed by atoms with Gasteiger partial charge in [0.1, 0.15) is 5.82 Å². The molecule has 1 fully saturated rings. The van der Waals surface area contributed by atoms with Crippen molar-refractivity contribution in [3.8, 4) is 0 Å². The first-order valence-corrected chi connectivity index (χ1v) is 7.05. The molecule has 0 spiro atoms. The SMILES string of the molecule is CNc1ncc(C)c(NCCC2CCCCC2)n1. The molecule has 1 heterocycles. The van der Waals surface area contributed by atoms with Gasteiger partial charge in [0, 0.05) is 25.4 Å². The Balaban J connectivity index is 1.81. The molecule has 100 valence electrons. The van der Waals surface area contributed by atoms with Crippen molar-refractivity contribution >= 4 is 11.8 Å². The molecule has 1 saturated carbocycles. The summed E-state index contributed by atoms with van der Waals surface area (Å²) in [6, 6.07) is 0. The molecule has 1 aromatic rings. The molecule has 0 aromatic carbocycles. The Labute approximate surface area is 110 Å². The van der Waals surface area contributed by atoms with Gasteiger partial charge >= 0.3 is 0 Å². The lowest BCUT2D eigenvalue weighted by Gasteiger charge is -2.21. The molecule has 0 bridgehead atoms. The molecule has 2 N–H and O–H groups in total. The molecule has 2 rings (SSSR count). The van der Waals surface area contributed by atoms with Crippen LogP contribution in [0.4, 0.5) is 11.8 Å². The van der Waals surface area contributed by atoms with Crippen LogP contribution < -0.4 is 10.6 Å². The average molecular weight is 248 g/mol. The number of nitrogens with one attached hydrogen (secondary N) is 2. The van der Waals surface area contributed by atoms with Crippen molar-refractivity contribution in [3.63, 3.8) is 0 Å². The Morgan fingerprint density at radius 1 is 1.28 bits per heavy atom. The van der Waals surface area contributed by atoms with Crippen molar-refractivity contribution in [2.45, 2.75) is 45.4 Å². The number of hydrogen-bond acceptors (Lipinski definition) is 4. The second-order valence-electron chi connectivity index (χ2n) is 5.19. The van der Waals surface area contributed by atoms with Gasteiger partial charge < -0.3 is 10.6 Å². The molecular formula is C14H24N4. The summed E-state index contributed by atoms with van der Waals surface area (Å²) < 4.78 is 0. The number of nitrogens with zero attached hydrogens (tertiary/aromatic N) is 2. The molecule has 0 saturated heterocycles. The van der Waals surface area contributed by atoms with Crippen LogP contribution >= 0.6 is 0 Å². The Morgan fingerprint density at radius 3 is 2.78 bits per heavy atom. The topological polar surface area (TPSA) is 49.8 Å². The third-order valence-electron chi connectivity index (χ3n) is 3.77. The predicted molar refractivity (Wildman–Crippen MR) is 76.0 cm³/mol. The van der Waals surface area contributed by atoms with E-state index in [0.717, 1.165) is 23.8 Å². The Bertz CT molecular complexity index is 372. The normalized spacial score (nSPS) is 16.6. The van der Waals surface area contributed by atoms with Crippen LogP contribution in [0.2, 0.25) is 0 Å². The quantitative estimate of drug-likeness (QED) is 0.840. The summed E-state index contributed by atoms with van der Waals surface area (Å²) in [5.74, 6) is 2.56. The molecule has 0 radical (unpaired) electrons. The molecule has 0 amide bonds. The van der Waals surface area contributed by atoms with Crippen LogP contribution in [0.15, 0.2) is 6.20 Å². The predicted octanol–water partition coefficient (Wildman–Crippen LogP) is 3.21. The minimum absolute atomic E-state index is 0.681. The van der Waals surface area contributed by atoms with Crippen molar-refractivity contribution in [2.75, 3.05) is 24.2 Å². The summed E-state index contributed by atoms with van der Waals surface area (Å²) in [5, 5.41) is 6.42. The minimum Gasteiger partial charge on any atom is -0.370 e. The highest BCUT2D eigenvalue weighted by atomic mass is 15.1. The van der Waals surface area contributed by atoms with Crippen LogP contribution in [0.5, 0.6) is 0 Å². The van der Waals surface area contributed by atoms with Gasteiger partial charge in [0.2, 0.25) is 5.95 Å². The van der Waals surface area contributed by atoms with Gasteiger partial charge in [0.15, 0.2) is 0 Å². The van der Waals surface area contributed by atoms with Gasteiger partial charge in [0.05, 0.1) is 0 Å². The van der Waals surface area contributed by atoms with E-state index in [1.54, 1.807) is 0 Å². The maximum Gasteiger partial charge on any atom is 0.224 e. The molecule has 0 unspecified atom stereocenters. The zero-order valence-corrected chi connectivity index (χ0v) is 11.5. The monoisotopic (exact) mass is 248 g/mol. The summed E-state index contributed by atoms with van der Waals surface area (Å²) in [5.41, 5.74) is 1.11. The maximum atomic E-state index is 4.44. The zero-order valence-electron chi connectivity index (χ0n) is 11.5. The second kappa shape index (κ2) is 6.57. The number of anilines is 2. The van der Waals surface area contributed by atoms with Crippen LogP contribution in [0.1, 0.15) is 44.1 Å². The highest BCUT2D eigenvalue weighted by Gasteiger charge is 2.13. The number of hydrogen-bond donors (Lipinski definition) is 2. The third-order valence-corrected chi connectivity index (χ3v) is 3.77. The lowest BCUT2D eigenvalue weighted by molar-refractivity contribution is 0.345. The summed E-state index contributed by atoms with van der Waals surface area (Å²) in [7, 11) is 1.84. The molecular weight excluding hydrogens is 224 g/mol. The number of aromatic nitrogens is 2. The van der Waals surface area contributed by atoms with E-state index in [1.165, 1.54) is 38.5 Å². The summed E-state index contributed by atoms with van der Waals surface area (Å²) >= 11 is 0. The van der Waals surface area contributed by atoms with E-state index in [0.29, 0.717) is 5.95 Å². The largest absolute Gasteiger partial charge is 0.370 e. The third kappa shape index (κ3) is 3.59. The van der Waals surface area contributed by atoms with Crippen LogP contribution in [0.25, 0.3) is 0 Å². The van der Waals surface area contributed by atoms with E-state index < -0.39 is 0 Å². The Kier molecular flexibility index (Phi) is 4.79. The van der Waals surface area contributed by atoms with Crippen molar-refractivity contribution < 1.29 is 0 Å². The number of aryl methyl sites for hydroxylation is 1. The van der Waals surface area contributed by atoms with Gasteiger partial charge in [-0.1, -0.05) is 32.1 Å².